The van der Waals surface area contributed by atoms with Crippen molar-refractivity contribution in [1.29, 1.82) is 0 Å². The van der Waals surface area contributed by atoms with Crippen LogP contribution in [0.25, 0.3) is 0 Å². The largest absolute Gasteiger partial charge is 0.491 e. The Labute approximate surface area is 120 Å². The Morgan fingerprint density at radius 1 is 1.42 bits per heavy atom. The van der Waals surface area contributed by atoms with E-state index in [-0.39, 0.29) is 11.1 Å². The summed E-state index contributed by atoms with van der Waals surface area (Å²) in [5, 5.41) is 0.152. The highest BCUT2D eigenvalue weighted by molar-refractivity contribution is 6.30. The molecule has 1 fully saturated rings. The van der Waals surface area contributed by atoms with Crippen molar-refractivity contribution < 1.29 is 9.13 Å². The van der Waals surface area contributed by atoms with E-state index in [0.29, 0.717) is 24.1 Å². The van der Waals surface area contributed by atoms with Crippen LogP contribution in [0, 0.1) is 11.7 Å². The smallest absolute Gasteiger partial charge is 0.145 e. The normalized spacial score (nSPS) is 20.8. The lowest BCUT2D eigenvalue weighted by atomic mass is 10.1. The van der Waals surface area contributed by atoms with Crippen molar-refractivity contribution in [2.24, 2.45) is 11.7 Å². The zero-order valence-corrected chi connectivity index (χ0v) is 12.8. The second-order valence-corrected chi connectivity index (χ2v) is 5.22. The van der Waals surface area contributed by atoms with E-state index in [1.807, 2.05) is 27.7 Å². The van der Waals surface area contributed by atoms with Crippen molar-refractivity contribution in [3.8, 4) is 5.75 Å². The van der Waals surface area contributed by atoms with Crippen molar-refractivity contribution in [3.05, 3.63) is 28.5 Å². The second-order valence-electron chi connectivity index (χ2n) is 4.81. The van der Waals surface area contributed by atoms with Gasteiger partial charge in [0.25, 0.3) is 0 Å². The fraction of sp³-hybridized carbons (Fsp3) is 0.600. The third-order valence-corrected chi connectivity index (χ3v) is 3.33. The second kappa shape index (κ2) is 7.11. The molecule has 0 heterocycles. The van der Waals surface area contributed by atoms with Gasteiger partial charge >= 0.3 is 0 Å². The zero-order chi connectivity index (χ0) is 14.6. The first-order valence-corrected chi connectivity index (χ1v) is 7.26. The lowest BCUT2D eigenvalue weighted by Crippen LogP contribution is -2.09. The summed E-state index contributed by atoms with van der Waals surface area (Å²) >= 11 is 5.82. The van der Waals surface area contributed by atoms with Gasteiger partial charge in [0.1, 0.15) is 11.6 Å². The summed E-state index contributed by atoms with van der Waals surface area (Å²) in [5.74, 6) is 1.01. The molecule has 0 aromatic heterocycles. The molecule has 108 valence electrons. The highest BCUT2D eigenvalue weighted by Crippen LogP contribution is 2.50. The topological polar surface area (TPSA) is 35.2 Å². The zero-order valence-electron chi connectivity index (χ0n) is 12.0. The van der Waals surface area contributed by atoms with Crippen LogP contribution in [0.5, 0.6) is 5.75 Å². The summed E-state index contributed by atoms with van der Waals surface area (Å²) in [6, 6.07) is 3.05. The molecule has 4 heteroatoms. The molecule has 2 rings (SSSR count). The maximum absolute atomic E-state index is 13.4. The fourth-order valence-electron chi connectivity index (χ4n) is 2.08. The summed E-state index contributed by atoms with van der Waals surface area (Å²) in [7, 11) is 0. The first-order chi connectivity index (χ1) is 9.02. The molecule has 0 bridgehead atoms. The van der Waals surface area contributed by atoms with Gasteiger partial charge in [-0.15, -0.1) is 0 Å². The Morgan fingerprint density at radius 3 is 2.53 bits per heavy atom. The predicted octanol–water partition coefficient (Wildman–Crippen LogP) is 4.35. The van der Waals surface area contributed by atoms with Gasteiger partial charge in [0.2, 0.25) is 0 Å². The molecule has 19 heavy (non-hydrogen) atoms. The van der Waals surface area contributed by atoms with Crippen molar-refractivity contribution in [3.63, 3.8) is 0 Å². The molecule has 0 spiro atoms. The molecule has 2 atom stereocenters. The van der Waals surface area contributed by atoms with Gasteiger partial charge in [-0.05, 0) is 50.3 Å². The number of nitrogens with two attached hydrogens (primary N) is 1. The number of hydrogen-bond acceptors (Lipinski definition) is 2. The van der Waals surface area contributed by atoms with E-state index in [1.165, 1.54) is 6.07 Å². The van der Waals surface area contributed by atoms with E-state index in [4.69, 9.17) is 22.1 Å². The molecule has 0 amide bonds. The molecule has 2 unspecified atom stereocenters. The minimum absolute atomic E-state index is 0.0180. The average Bonchev–Trinajstić information content (AvgIpc) is 3.14. The van der Waals surface area contributed by atoms with Gasteiger partial charge in [0.05, 0.1) is 11.1 Å². The van der Waals surface area contributed by atoms with Crippen LogP contribution in [0.4, 0.5) is 4.39 Å². The summed E-state index contributed by atoms with van der Waals surface area (Å²) < 4.78 is 19.1. The Morgan fingerprint density at radius 2 is 2.05 bits per heavy atom. The Kier molecular flexibility index (Phi) is 6.08. The highest BCUT2D eigenvalue weighted by Gasteiger charge is 2.39. The van der Waals surface area contributed by atoms with E-state index in [1.54, 1.807) is 6.07 Å². The third-order valence-electron chi connectivity index (χ3n) is 3.04. The standard InChI is InChI=1S/C13H17ClFNO.C2H6/c1-7(2)17-13-5-12(15)11(14)4-10(13)9-3-8(9)6-16;1-2/h4-5,7-9H,3,6,16H2,1-2H3;1-2H3. The molecular formula is C15H23ClFNO. The van der Waals surface area contributed by atoms with Crippen LogP contribution >= 0.6 is 11.6 Å². The van der Waals surface area contributed by atoms with Gasteiger partial charge in [-0.1, -0.05) is 25.4 Å². The third kappa shape index (κ3) is 4.08. The van der Waals surface area contributed by atoms with E-state index < -0.39 is 5.82 Å². The molecule has 0 radical (unpaired) electrons. The maximum atomic E-state index is 13.4. The van der Waals surface area contributed by atoms with E-state index in [9.17, 15) is 4.39 Å². The molecule has 0 aliphatic heterocycles. The highest BCUT2D eigenvalue weighted by atomic mass is 35.5. The van der Waals surface area contributed by atoms with Gasteiger partial charge in [-0.3, -0.25) is 0 Å². The van der Waals surface area contributed by atoms with Crippen LogP contribution in [0.1, 0.15) is 45.6 Å². The minimum atomic E-state index is -0.434. The van der Waals surface area contributed by atoms with Gasteiger partial charge in [0.15, 0.2) is 0 Å². The van der Waals surface area contributed by atoms with Crippen LogP contribution in [0.15, 0.2) is 12.1 Å². The molecule has 1 saturated carbocycles. The molecule has 0 saturated heterocycles. The Balaban J connectivity index is 0.000000861. The molecule has 1 aromatic rings. The SMILES string of the molecule is CC.CC(C)Oc1cc(F)c(Cl)cc1C1CC1CN. The number of hydrogen-bond donors (Lipinski definition) is 1. The average molecular weight is 288 g/mol. The first kappa shape index (κ1) is 16.3. The lowest BCUT2D eigenvalue weighted by Gasteiger charge is -2.15. The van der Waals surface area contributed by atoms with Crippen LogP contribution in [0.2, 0.25) is 5.02 Å². The molecular weight excluding hydrogens is 265 g/mol. The van der Waals surface area contributed by atoms with Crippen molar-refractivity contribution >= 4 is 11.6 Å². The van der Waals surface area contributed by atoms with Crippen LogP contribution in [0.3, 0.4) is 0 Å². The van der Waals surface area contributed by atoms with E-state index in [2.05, 4.69) is 0 Å². The van der Waals surface area contributed by atoms with Crippen molar-refractivity contribution in [1.82, 2.24) is 0 Å². The molecule has 2 nitrogen and oxygen atoms in total. The number of halogens is 2. The summed E-state index contributed by atoms with van der Waals surface area (Å²) in [6.07, 6.45) is 1.05. The molecule has 1 aromatic carbocycles. The van der Waals surface area contributed by atoms with E-state index >= 15 is 0 Å². The van der Waals surface area contributed by atoms with Gasteiger partial charge in [0, 0.05) is 6.07 Å². The van der Waals surface area contributed by atoms with Crippen LogP contribution in [-0.2, 0) is 0 Å². The van der Waals surface area contributed by atoms with Gasteiger partial charge in [-0.25, -0.2) is 4.39 Å². The summed E-state index contributed by atoms with van der Waals surface area (Å²) in [4.78, 5) is 0. The minimum Gasteiger partial charge on any atom is -0.491 e. The van der Waals surface area contributed by atoms with E-state index in [0.717, 1.165) is 12.0 Å². The van der Waals surface area contributed by atoms with Crippen LogP contribution in [-0.4, -0.2) is 12.6 Å². The van der Waals surface area contributed by atoms with Crippen molar-refractivity contribution in [2.45, 2.75) is 46.1 Å². The summed E-state index contributed by atoms with van der Waals surface area (Å²) in [6.45, 7) is 8.49. The lowest BCUT2D eigenvalue weighted by molar-refractivity contribution is 0.238. The number of ether oxygens (including phenoxy) is 1. The number of benzene rings is 1. The molecule has 1 aliphatic rings. The first-order valence-electron chi connectivity index (χ1n) is 6.88. The quantitative estimate of drug-likeness (QED) is 0.893. The predicted molar refractivity (Wildman–Crippen MR) is 78.4 cm³/mol. The maximum Gasteiger partial charge on any atom is 0.145 e. The summed E-state index contributed by atoms with van der Waals surface area (Å²) in [5.41, 5.74) is 6.62. The Bertz CT molecular complexity index is 423. The number of rotatable bonds is 4. The van der Waals surface area contributed by atoms with Crippen LogP contribution < -0.4 is 10.5 Å². The van der Waals surface area contributed by atoms with Gasteiger partial charge < -0.3 is 10.5 Å². The Hall–Kier alpha value is -0.800. The fourth-order valence-corrected chi connectivity index (χ4v) is 2.25. The molecule has 1 aliphatic carbocycles. The molecule has 2 N–H and O–H groups in total. The van der Waals surface area contributed by atoms with Crippen molar-refractivity contribution in [2.75, 3.05) is 6.54 Å². The monoisotopic (exact) mass is 287 g/mol. The van der Waals surface area contributed by atoms with Gasteiger partial charge in [-0.2, -0.15) is 0 Å².